The monoisotopic (exact) mass is 573 g/mol. The average molecular weight is 574 g/mol. The predicted molar refractivity (Wildman–Crippen MR) is 150 cm³/mol. The van der Waals surface area contributed by atoms with Gasteiger partial charge in [-0.25, -0.2) is 9.78 Å². The van der Waals surface area contributed by atoms with Gasteiger partial charge in [0.25, 0.3) is 0 Å². The van der Waals surface area contributed by atoms with Crippen LogP contribution in [-0.4, -0.2) is 80.5 Å². The van der Waals surface area contributed by atoms with Gasteiger partial charge >= 0.3 is 5.97 Å². The Kier molecular flexibility index (Phi) is 12.6. The second-order valence-electron chi connectivity index (χ2n) is 9.90. The third kappa shape index (κ3) is 11.2. The molecule has 2 aromatic rings. The predicted octanol–water partition coefficient (Wildman–Crippen LogP) is -1.52. The molecule has 0 aliphatic carbocycles. The van der Waals surface area contributed by atoms with E-state index >= 15 is 0 Å². The lowest BCUT2D eigenvalue weighted by molar-refractivity contribution is -0.142. The summed E-state index contributed by atoms with van der Waals surface area (Å²) in [6, 6.07) is 1.74. The van der Waals surface area contributed by atoms with Crippen LogP contribution >= 0.6 is 0 Å². The van der Waals surface area contributed by atoms with Gasteiger partial charge in [-0.1, -0.05) is 26.0 Å². The third-order valence-electron chi connectivity index (χ3n) is 6.15. The maximum absolute atomic E-state index is 13.3. The molecule has 1 aromatic carbocycles. The minimum absolute atomic E-state index is 0.0395. The molecule has 0 spiro atoms. The highest BCUT2D eigenvalue weighted by atomic mass is 16.4. The molecule has 1 heterocycles. The Bertz CT molecular complexity index is 1180. The van der Waals surface area contributed by atoms with Crippen molar-refractivity contribution in [2.45, 2.75) is 63.7 Å². The molecule has 4 unspecified atom stereocenters. The summed E-state index contributed by atoms with van der Waals surface area (Å²) in [6.07, 6.45) is 3.41. The van der Waals surface area contributed by atoms with Crippen LogP contribution in [0.2, 0.25) is 0 Å². The first-order chi connectivity index (χ1) is 19.4. The second-order valence-corrected chi connectivity index (χ2v) is 9.90. The summed E-state index contributed by atoms with van der Waals surface area (Å²) in [6.45, 7) is 3.58. The lowest BCUT2D eigenvalue weighted by atomic mass is 10.0. The van der Waals surface area contributed by atoms with Gasteiger partial charge in [0.2, 0.25) is 17.7 Å². The average Bonchev–Trinajstić information content (AvgIpc) is 3.42. The smallest absolute Gasteiger partial charge is 0.326 e. The van der Waals surface area contributed by atoms with Gasteiger partial charge < -0.3 is 48.3 Å². The minimum Gasteiger partial charge on any atom is -0.508 e. The van der Waals surface area contributed by atoms with E-state index in [2.05, 4.69) is 30.9 Å². The van der Waals surface area contributed by atoms with Gasteiger partial charge in [-0.3, -0.25) is 19.4 Å². The van der Waals surface area contributed by atoms with Crippen LogP contribution in [0.5, 0.6) is 5.75 Å². The van der Waals surface area contributed by atoms with Crippen LogP contribution in [0.1, 0.15) is 37.9 Å². The number of aromatic hydroxyl groups is 1. The first-order valence-electron chi connectivity index (χ1n) is 13.1. The van der Waals surface area contributed by atoms with Crippen LogP contribution in [0.25, 0.3) is 0 Å². The molecular formula is C26H39N9O6. The molecule has 0 aliphatic heterocycles. The lowest BCUT2D eigenvalue weighted by Gasteiger charge is -2.27. The SMILES string of the molecule is CC(C)C(NC(=O)C(CCCN=C(N)N)NC(=O)C(N)Cc1ccc(O)cc1)C(=O)NC(Cc1cnc[nH]1)C(=O)O. The van der Waals surface area contributed by atoms with Gasteiger partial charge in [0.1, 0.15) is 23.9 Å². The molecule has 0 saturated carbocycles. The molecule has 2 rings (SSSR count). The normalized spacial score (nSPS) is 13.9. The number of amides is 3. The zero-order valence-electron chi connectivity index (χ0n) is 23.0. The molecule has 0 fully saturated rings. The molecule has 0 saturated heterocycles. The van der Waals surface area contributed by atoms with Crippen molar-refractivity contribution < 1.29 is 29.4 Å². The van der Waals surface area contributed by atoms with Gasteiger partial charge in [-0.15, -0.1) is 0 Å². The Morgan fingerprint density at radius 1 is 0.976 bits per heavy atom. The number of guanidine groups is 1. The second kappa shape index (κ2) is 15.8. The van der Waals surface area contributed by atoms with E-state index in [1.165, 1.54) is 24.7 Å². The Morgan fingerprint density at radius 2 is 1.63 bits per heavy atom. The number of hydrogen-bond donors (Lipinski definition) is 9. The molecule has 12 N–H and O–H groups in total. The van der Waals surface area contributed by atoms with Crippen molar-refractivity contribution in [1.82, 2.24) is 25.9 Å². The van der Waals surface area contributed by atoms with Crippen molar-refractivity contribution in [2.75, 3.05) is 6.54 Å². The Hall–Kier alpha value is -4.66. The van der Waals surface area contributed by atoms with Gasteiger partial charge in [0, 0.05) is 24.9 Å². The van der Waals surface area contributed by atoms with Crippen molar-refractivity contribution in [3.8, 4) is 5.75 Å². The fourth-order valence-electron chi connectivity index (χ4n) is 3.90. The number of carbonyl (C=O) groups excluding carboxylic acids is 3. The summed E-state index contributed by atoms with van der Waals surface area (Å²) >= 11 is 0. The number of nitrogens with two attached hydrogens (primary N) is 3. The van der Waals surface area contributed by atoms with E-state index in [4.69, 9.17) is 17.2 Å². The third-order valence-corrected chi connectivity index (χ3v) is 6.15. The summed E-state index contributed by atoms with van der Waals surface area (Å²) in [4.78, 5) is 61.6. The molecule has 15 nitrogen and oxygen atoms in total. The molecule has 3 amide bonds. The van der Waals surface area contributed by atoms with E-state index in [-0.39, 0.29) is 37.5 Å². The van der Waals surface area contributed by atoms with E-state index in [9.17, 15) is 29.4 Å². The summed E-state index contributed by atoms with van der Waals surface area (Å²) in [5.74, 6) is -3.68. The summed E-state index contributed by atoms with van der Waals surface area (Å²) in [5, 5.41) is 26.8. The number of aliphatic carboxylic acids is 1. The van der Waals surface area contributed by atoms with Gasteiger partial charge in [-0.2, -0.15) is 0 Å². The number of aromatic nitrogens is 2. The van der Waals surface area contributed by atoms with Crippen molar-refractivity contribution in [3.63, 3.8) is 0 Å². The highest BCUT2D eigenvalue weighted by Gasteiger charge is 2.32. The number of rotatable bonds is 16. The molecule has 15 heteroatoms. The summed E-state index contributed by atoms with van der Waals surface area (Å²) in [7, 11) is 0. The Morgan fingerprint density at radius 3 is 2.20 bits per heavy atom. The quantitative estimate of drug-likeness (QED) is 0.0635. The van der Waals surface area contributed by atoms with E-state index < -0.39 is 53.8 Å². The van der Waals surface area contributed by atoms with E-state index in [0.717, 1.165) is 0 Å². The van der Waals surface area contributed by atoms with Crippen LogP contribution in [0.15, 0.2) is 41.8 Å². The Balaban J connectivity index is 2.12. The lowest BCUT2D eigenvalue weighted by Crippen LogP contribution is -2.58. The van der Waals surface area contributed by atoms with Crippen LogP contribution < -0.4 is 33.2 Å². The zero-order chi connectivity index (χ0) is 30.5. The zero-order valence-corrected chi connectivity index (χ0v) is 23.0. The summed E-state index contributed by atoms with van der Waals surface area (Å²) in [5.41, 5.74) is 18.0. The number of hydrogen-bond acceptors (Lipinski definition) is 8. The van der Waals surface area contributed by atoms with Crippen LogP contribution in [0.3, 0.4) is 0 Å². The fourth-order valence-corrected chi connectivity index (χ4v) is 3.90. The summed E-state index contributed by atoms with van der Waals surface area (Å²) < 4.78 is 0. The maximum Gasteiger partial charge on any atom is 0.326 e. The van der Waals surface area contributed by atoms with E-state index in [1.54, 1.807) is 26.0 Å². The highest BCUT2D eigenvalue weighted by Crippen LogP contribution is 2.12. The van der Waals surface area contributed by atoms with Gasteiger partial charge in [-0.05, 0) is 42.9 Å². The first-order valence-corrected chi connectivity index (χ1v) is 13.1. The largest absolute Gasteiger partial charge is 0.508 e. The number of carboxylic acids is 1. The molecule has 0 aliphatic rings. The molecule has 41 heavy (non-hydrogen) atoms. The van der Waals surface area contributed by atoms with Crippen molar-refractivity contribution in [1.29, 1.82) is 0 Å². The van der Waals surface area contributed by atoms with Crippen molar-refractivity contribution in [2.24, 2.45) is 28.1 Å². The molecule has 0 radical (unpaired) electrons. The standard InChI is InChI=1S/C26H39N9O6/c1-14(2)21(24(39)34-20(25(40)41)11-16-12-30-13-32-16)35-23(38)19(4-3-9-31-26(28)29)33-22(37)18(27)10-15-5-7-17(36)8-6-15/h5-8,12-14,18-21,36H,3-4,9-11,27H2,1-2H3,(H,30,32)(H,33,37)(H,34,39)(H,35,38)(H,40,41)(H4,28,29,31). The molecule has 224 valence electrons. The Labute approximate surface area is 237 Å². The number of H-pyrrole nitrogens is 1. The first kappa shape index (κ1) is 32.6. The number of aromatic amines is 1. The van der Waals surface area contributed by atoms with Gasteiger partial charge in [0.15, 0.2) is 5.96 Å². The highest BCUT2D eigenvalue weighted by molar-refractivity contribution is 5.94. The molecule has 1 aromatic heterocycles. The van der Waals surface area contributed by atoms with Crippen LogP contribution in [0, 0.1) is 5.92 Å². The molecule has 0 bridgehead atoms. The van der Waals surface area contributed by atoms with E-state index in [0.29, 0.717) is 17.7 Å². The number of aliphatic imine (C=N–C) groups is 1. The van der Waals surface area contributed by atoms with Gasteiger partial charge in [0.05, 0.1) is 12.4 Å². The number of phenolic OH excluding ortho intramolecular Hbond substituents is 1. The molecular weight excluding hydrogens is 534 g/mol. The van der Waals surface area contributed by atoms with Crippen LogP contribution in [0.4, 0.5) is 0 Å². The van der Waals surface area contributed by atoms with E-state index in [1.807, 2.05) is 0 Å². The maximum atomic E-state index is 13.3. The number of phenols is 1. The molecule has 4 atom stereocenters. The minimum atomic E-state index is -1.27. The number of imidazole rings is 1. The van der Waals surface area contributed by atoms with Crippen molar-refractivity contribution >= 4 is 29.7 Å². The number of nitrogens with one attached hydrogen (secondary N) is 4. The number of benzene rings is 1. The number of carbonyl (C=O) groups is 4. The van der Waals surface area contributed by atoms with Crippen LogP contribution in [-0.2, 0) is 32.0 Å². The topological polar surface area (TPSA) is 264 Å². The number of nitrogens with zero attached hydrogens (tertiary/aromatic N) is 2. The van der Waals surface area contributed by atoms with Crippen molar-refractivity contribution in [3.05, 3.63) is 48.0 Å². The number of carboxylic acid groups (broad SMARTS) is 1. The fraction of sp³-hybridized carbons (Fsp3) is 0.462.